The lowest BCUT2D eigenvalue weighted by molar-refractivity contribution is 0.00707. The fourth-order valence-electron chi connectivity index (χ4n) is 0.864. The van der Waals surface area contributed by atoms with Gasteiger partial charge in [-0.3, -0.25) is 0 Å². The molecule has 0 aromatic carbocycles. The Morgan fingerprint density at radius 2 is 1.38 bits per heavy atom. The summed E-state index contributed by atoms with van der Waals surface area (Å²) in [5.74, 6) is 0.526. The van der Waals surface area contributed by atoms with E-state index in [0.717, 1.165) is 0 Å². The van der Waals surface area contributed by atoms with Crippen molar-refractivity contribution in [1.29, 1.82) is 0 Å². The van der Waals surface area contributed by atoms with Gasteiger partial charge in [0.05, 0.1) is 46.2 Å². The van der Waals surface area contributed by atoms with Crippen LogP contribution in [0.15, 0.2) is 12.2 Å². The Hall–Kier alpha value is -0.130. The fraction of sp³-hybridized carbons (Fsp3) is 0.818. The van der Waals surface area contributed by atoms with Crippen molar-refractivity contribution in [3.05, 3.63) is 12.2 Å². The van der Waals surface area contributed by atoms with Crippen molar-refractivity contribution in [2.24, 2.45) is 0 Å². The topological polar surface area (TPSA) is 36.9 Å². The van der Waals surface area contributed by atoms with E-state index in [9.17, 15) is 0 Å². The Kier molecular flexibility index (Phi) is 14.7. The number of halogens is 1. The summed E-state index contributed by atoms with van der Waals surface area (Å²) < 4.78 is 20.6. The Balaban J connectivity index is 2.90. The lowest BCUT2D eigenvalue weighted by Gasteiger charge is -2.05. The molecule has 16 heavy (non-hydrogen) atoms. The largest absolute Gasteiger partial charge is 0.382 e. The van der Waals surface area contributed by atoms with Crippen LogP contribution in [-0.2, 0) is 18.9 Å². The van der Waals surface area contributed by atoms with Crippen LogP contribution in [0.4, 0.5) is 0 Å². The highest BCUT2D eigenvalue weighted by atomic mass is 35.5. The van der Waals surface area contributed by atoms with E-state index in [1.165, 1.54) is 0 Å². The van der Waals surface area contributed by atoms with Crippen LogP contribution >= 0.6 is 11.6 Å². The molecule has 0 aliphatic rings. The zero-order valence-electron chi connectivity index (χ0n) is 9.82. The van der Waals surface area contributed by atoms with Crippen molar-refractivity contribution in [2.75, 3.05) is 59.2 Å². The van der Waals surface area contributed by atoms with Crippen LogP contribution in [0.3, 0.4) is 0 Å². The molecular weight excluding hydrogens is 232 g/mol. The Morgan fingerprint density at radius 3 is 1.94 bits per heavy atom. The first kappa shape index (κ1) is 15.9. The Labute approximate surface area is 102 Å². The molecule has 0 saturated heterocycles. The van der Waals surface area contributed by atoms with Crippen LogP contribution < -0.4 is 0 Å². The molecule has 0 bridgehead atoms. The molecular formula is C11H21ClO4. The maximum atomic E-state index is 5.45. The van der Waals surface area contributed by atoms with E-state index in [-0.39, 0.29) is 0 Å². The van der Waals surface area contributed by atoms with Crippen molar-refractivity contribution in [3.63, 3.8) is 0 Å². The minimum Gasteiger partial charge on any atom is -0.382 e. The van der Waals surface area contributed by atoms with Gasteiger partial charge in [0, 0.05) is 13.0 Å². The molecule has 0 aliphatic carbocycles. The van der Waals surface area contributed by atoms with Gasteiger partial charge in [0.1, 0.15) is 0 Å². The molecule has 0 saturated carbocycles. The molecule has 0 atom stereocenters. The Morgan fingerprint density at radius 1 is 0.812 bits per heavy atom. The molecule has 0 N–H and O–H groups in total. The van der Waals surface area contributed by atoms with Gasteiger partial charge in [-0.15, -0.1) is 11.6 Å². The molecule has 0 aromatic heterocycles. The number of alkyl halides is 1. The Bertz CT molecular complexity index is 153. The zero-order valence-corrected chi connectivity index (χ0v) is 10.6. The first-order chi connectivity index (χ1) is 7.91. The van der Waals surface area contributed by atoms with E-state index in [1.807, 2.05) is 12.2 Å². The van der Waals surface area contributed by atoms with Crippen molar-refractivity contribution >= 4 is 11.6 Å². The maximum absolute atomic E-state index is 5.45. The normalized spacial score (nSPS) is 11.4. The summed E-state index contributed by atoms with van der Waals surface area (Å²) in [7, 11) is 1.65. The minimum atomic E-state index is 0.526. The van der Waals surface area contributed by atoms with Gasteiger partial charge in [-0.2, -0.15) is 0 Å². The molecule has 0 fully saturated rings. The molecule has 0 heterocycles. The molecule has 5 heteroatoms. The molecule has 96 valence electrons. The van der Waals surface area contributed by atoms with E-state index in [2.05, 4.69) is 0 Å². The summed E-state index contributed by atoms with van der Waals surface area (Å²) in [6.07, 6.45) is 3.74. The molecule has 0 unspecified atom stereocenters. The standard InChI is InChI=1S/C11H21ClO4/c1-13-6-7-15-10-11-16-9-8-14-5-3-2-4-12/h2-3H,4-11H2,1H3/b3-2+. The minimum absolute atomic E-state index is 0.526. The van der Waals surface area contributed by atoms with Crippen molar-refractivity contribution in [1.82, 2.24) is 0 Å². The fourth-order valence-corrected chi connectivity index (χ4v) is 0.990. The average molecular weight is 253 g/mol. The first-order valence-electron chi connectivity index (χ1n) is 5.35. The average Bonchev–Trinajstić information content (AvgIpc) is 2.31. The molecule has 0 amide bonds. The third kappa shape index (κ3) is 13.9. The van der Waals surface area contributed by atoms with Crippen molar-refractivity contribution in [2.45, 2.75) is 0 Å². The molecule has 0 aromatic rings. The second-order valence-electron chi connectivity index (χ2n) is 2.92. The number of hydrogen-bond acceptors (Lipinski definition) is 4. The number of hydrogen-bond donors (Lipinski definition) is 0. The van der Waals surface area contributed by atoms with Gasteiger partial charge in [-0.05, 0) is 0 Å². The predicted octanol–water partition coefficient (Wildman–Crippen LogP) is 1.48. The SMILES string of the molecule is COCCOCCOCCOC/C=C/CCl. The van der Waals surface area contributed by atoms with Gasteiger partial charge >= 0.3 is 0 Å². The molecule has 0 radical (unpaired) electrons. The van der Waals surface area contributed by atoms with Gasteiger partial charge in [0.15, 0.2) is 0 Å². The van der Waals surface area contributed by atoms with E-state index in [4.69, 9.17) is 30.5 Å². The van der Waals surface area contributed by atoms with Crippen LogP contribution in [0.25, 0.3) is 0 Å². The van der Waals surface area contributed by atoms with Crippen LogP contribution in [0, 0.1) is 0 Å². The second-order valence-corrected chi connectivity index (χ2v) is 3.23. The van der Waals surface area contributed by atoms with Crippen LogP contribution in [0.5, 0.6) is 0 Å². The van der Waals surface area contributed by atoms with Gasteiger partial charge in [-0.25, -0.2) is 0 Å². The van der Waals surface area contributed by atoms with Crippen LogP contribution in [0.2, 0.25) is 0 Å². The summed E-state index contributed by atoms with van der Waals surface area (Å²) in [6.45, 7) is 4.17. The number of rotatable bonds is 12. The van der Waals surface area contributed by atoms with Gasteiger partial charge in [0.2, 0.25) is 0 Å². The highest BCUT2D eigenvalue weighted by Crippen LogP contribution is 1.83. The lowest BCUT2D eigenvalue weighted by Crippen LogP contribution is -2.11. The van der Waals surface area contributed by atoms with Gasteiger partial charge < -0.3 is 18.9 Å². The second kappa shape index (κ2) is 14.9. The number of methoxy groups -OCH3 is 1. The summed E-state index contributed by atoms with van der Waals surface area (Å²) in [6, 6.07) is 0. The summed E-state index contributed by atoms with van der Waals surface area (Å²) in [5, 5.41) is 0. The highest BCUT2D eigenvalue weighted by molar-refractivity contribution is 6.18. The molecule has 0 aliphatic heterocycles. The third-order valence-electron chi connectivity index (χ3n) is 1.65. The lowest BCUT2D eigenvalue weighted by atomic mass is 10.5. The summed E-state index contributed by atoms with van der Waals surface area (Å²) in [4.78, 5) is 0. The van der Waals surface area contributed by atoms with Gasteiger partial charge in [0.25, 0.3) is 0 Å². The zero-order chi connectivity index (χ0) is 11.9. The maximum Gasteiger partial charge on any atom is 0.0704 e. The number of allylic oxidation sites excluding steroid dienone is 1. The molecule has 0 spiro atoms. The van der Waals surface area contributed by atoms with Crippen molar-refractivity contribution < 1.29 is 18.9 Å². The van der Waals surface area contributed by atoms with Crippen LogP contribution in [-0.4, -0.2) is 59.2 Å². The summed E-state index contributed by atoms with van der Waals surface area (Å²) in [5.41, 5.74) is 0. The summed E-state index contributed by atoms with van der Waals surface area (Å²) >= 11 is 5.45. The van der Waals surface area contributed by atoms with Gasteiger partial charge in [-0.1, -0.05) is 12.2 Å². The van der Waals surface area contributed by atoms with E-state index in [0.29, 0.717) is 52.1 Å². The van der Waals surface area contributed by atoms with Crippen LogP contribution in [0.1, 0.15) is 0 Å². The van der Waals surface area contributed by atoms with Crippen molar-refractivity contribution in [3.8, 4) is 0 Å². The third-order valence-corrected chi connectivity index (χ3v) is 1.82. The highest BCUT2D eigenvalue weighted by Gasteiger charge is 1.90. The monoisotopic (exact) mass is 252 g/mol. The first-order valence-corrected chi connectivity index (χ1v) is 5.88. The van der Waals surface area contributed by atoms with E-state index >= 15 is 0 Å². The number of ether oxygens (including phenoxy) is 4. The smallest absolute Gasteiger partial charge is 0.0704 e. The molecule has 4 nitrogen and oxygen atoms in total. The predicted molar refractivity (Wildman–Crippen MR) is 64.2 cm³/mol. The quantitative estimate of drug-likeness (QED) is 0.300. The van der Waals surface area contributed by atoms with E-state index < -0.39 is 0 Å². The van der Waals surface area contributed by atoms with E-state index in [1.54, 1.807) is 7.11 Å². The molecule has 0 rings (SSSR count).